The van der Waals surface area contributed by atoms with Crippen molar-refractivity contribution < 1.29 is 22.8 Å². The second-order valence-electron chi connectivity index (χ2n) is 6.73. The number of alkyl halides is 3. The largest absolute Gasteiger partial charge is 0.391 e. The van der Waals surface area contributed by atoms with E-state index in [2.05, 4.69) is 10.6 Å². The number of carbonyl (C=O) groups is 2. The lowest BCUT2D eigenvalue weighted by Crippen LogP contribution is -2.45. The Hall–Kier alpha value is -2.05. The van der Waals surface area contributed by atoms with Crippen LogP contribution in [-0.2, 0) is 4.79 Å². The Morgan fingerprint density at radius 2 is 1.76 bits per heavy atom. The smallest absolute Gasteiger partial charge is 0.352 e. The molecule has 2 N–H and O–H groups in total. The molecule has 4 nitrogen and oxygen atoms in total. The van der Waals surface area contributed by atoms with Gasteiger partial charge in [0.1, 0.15) is 0 Å². The van der Waals surface area contributed by atoms with Crippen molar-refractivity contribution in [3.63, 3.8) is 0 Å². The van der Waals surface area contributed by atoms with Gasteiger partial charge in [-0.1, -0.05) is 23.6 Å². The summed E-state index contributed by atoms with van der Waals surface area (Å²) in [6, 6.07) is 4.87. The van der Waals surface area contributed by atoms with Gasteiger partial charge in [-0.3, -0.25) is 9.59 Å². The van der Waals surface area contributed by atoms with E-state index in [1.807, 2.05) is 19.9 Å². The number of hydrogen-bond donors (Lipinski definition) is 2. The van der Waals surface area contributed by atoms with E-state index in [-0.39, 0.29) is 25.3 Å². The van der Waals surface area contributed by atoms with Crippen molar-refractivity contribution in [3.8, 4) is 0 Å². The van der Waals surface area contributed by atoms with Crippen LogP contribution in [0.4, 0.5) is 13.2 Å². The molecule has 1 aliphatic carbocycles. The molecule has 1 saturated carbocycles. The molecular formula is C18H23F3N2O2. The fourth-order valence-electron chi connectivity index (χ4n) is 3.27. The molecule has 1 aliphatic rings. The molecule has 0 heterocycles. The fourth-order valence-corrected chi connectivity index (χ4v) is 3.27. The summed E-state index contributed by atoms with van der Waals surface area (Å²) in [7, 11) is 0. The molecule has 1 aromatic carbocycles. The highest BCUT2D eigenvalue weighted by molar-refractivity contribution is 5.96. The van der Waals surface area contributed by atoms with Crippen molar-refractivity contribution in [2.45, 2.75) is 51.7 Å². The molecule has 7 heteroatoms. The van der Waals surface area contributed by atoms with E-state index in [0.29, 0.717) is 18.4 Å². The zero-order valence-electron chi connectivity index (χ0n) is 14.4. The first-order chi connectivity index (χ1) is 11.6. The lowest BCUT2D eigenvalue weighted by Gasteiger charge is -2.31. The SMILES string of the molecule is Cc1cc(C)cc(C(=O)NCC(=O)N[C@@H]2CCC[C@@H](C(F)(F)F)C2)c1. The standard InChI is InChI=1S/C18H23F3N2O2/c1-11-6-12(2)8-13(7-11)17(25)22-10-16(24)23-15-5-3-4-14(9-15)18(19,20)21/h6-8,14-15H,3-5,9-10H2,1-2H3,(H,22,25)(H,23,24)/t14-,15-/m1/s1. The summed E-state index contributed by atoms with van der Waals surface area (Å²) in [5.74, 6) is -2.21. The molecule has 25 heavy (non-hydrogen) atoms. The van der Waals surface area contributed by atoms with Gasteiger partial charge >= 0.3 is 6.18 Å². The summed E-state index contributed by atoms with van der Waals surface area (Å²) in [4.78, 5) is 24.0. The van der Waals surface area contributed by atoms with Gasteiger partial charge in [-0.05, 0) is 45.2 Å². The Balaban J connectivity index is 1.83. The molecule has 0 aliphatic heterocycles. The van der Waals surface area contributed by atoms with Crippen molar-refractivity contribution >= 4 is 11.8 Å². The first-order valence-corrected chi connectivity index (χ1v) is 8.37. The Kier molecular flexibility index (Phi) is 6.08. The molecule has 0 saturated heterocycles. The third kappa shape index (κ3) is 5.76. The lowest BCUT2D eigenvalue weighted by atomic mass is 9.85. The van der Waals surface area contributed by atoms with Gasteiger partial charge in [0.25, 0.3) is 5.91 Å². The predicted molar refractivity (Wildman–Crippen MR) is 88.2 cm³/mol. The zero-order chi connectivity index (χ0) is 18.6. The van der Waals surface area contributed by atoms with Crippen LogP contribution in [0.3, 0.4) is 0 Å². The number of halogens is 3. The van der Waals surface area contributed by atoms with Crippen LogP contribution in [0.25, 0.3) is 0 Å². The number of carbonyl (C=O) groups excluding carboxylic acids is 2. The fraction of sp³-hybridized carbons (Fsp3) is 0.556. The molecule has 0 bridgehead atoms. The maximum absolute atomic E-state index is 12.8. The van der Waals surface area contributed by atoms with Crippen LogP contribution in [0.1, 0.15) is 47.2 Å². The maximum Gasteiger partial charge on any atom is 0.391 e. The van der Waals surface area contributed by atoms with Crippen molar-refractivity contribution in [2.75, 3.05) is 6.54 Å². The molecule has 1 fully saturated rings. The van der Waals surface area contributed by atoms with Gasteiger partial charge in [0.05, 0.1) is 12.5 Å². The summed E-state index contributed by atoms with van der Waals surface area (Å²) in [6.07, 6.45) is -3.24. The van der Waals surface area contributed by atoms with E-state index in [0.717, 1.165) is 11.1 Å². The Morgan fingerprint density at radius 1 is 1.12 bits per heavy atom. The van der Waals surface area contributed by atoms with Gasteiger partial charge in [-0.15, -0.1) is 0 Å². The second-order valence-corrected chi connectivity index (χ2v) is 6.73. The van der Waals surface area contributed by atoms with Crippen LogP contribution in [-0.4, -0.2) is 30.6 Å². The van der Waals surface area contributed by atoms with E-state index in [1.54, 1.807) is 12.1 Å². The van der Waals surface area contributed by atoms with E-state index in [1.165, 1.54) is 0 Å². The predicted octanol–water partition coefficient (Wildman–Crippen LogP) is 3.27. The minimum absolute atomic E-state index is 0.0970. The summed E-state index contributed by atoms with van der Waals surface area (Å²) in [5, 5.41) is 5.11. The van der Waals surface area contributed by atoms with E-state index in [9.17, 15) is 22.8 Å². The van der Waals surface area contributed by atoms with Gasteiger partial charge in [-0.25, -0.2) is 0 Å². The van der Waals surface area contributed by atoms with Crippen molar-refractivity contribution in [1.82, 2.24) is 10.6 Å². The van der Waals surface area contributed by atoms with Gasteiger partial charge in [0.2, 0.25) is 5.91 Å². The maximum atomic E-state index is 12.8. The van der Waals surface area contributed by atoms with Crippen molar-refractivity contribution in [2.24, 2.45) is 5.92 Å². The van der Waals surface area contributed by atoms with E-state index >= 15 is 0 Å². The van der Waals surface area contributed by atoms with E-state index < -0.39 is 24.0 Å². The number of amides is 2. The van der Waals surface area contributed by atoms with Crippen molar-refractivity contribution in [3.05, 3.63) is 34.9 Å². The van der Waals surface area contributed by atoms with Crippen molar-refractivity contribution in [1.29, 1.82) is 0 Å². The molecule has 0 radical (unpaired) electrons. The third-order valence-electron chi connectivity index (χ3n) is 4.40. The number of rotatable bonds is 4. The van der Waals surface area contributed by atoms with Crippen LogP contribution >= 0.6 is 0 Å². The molecule has 2 rings (SSSR count). The van der Waals surface area contributed by atoms with Gasteiger partial charge in [0.15, 0.2) is 0 Å². The number of nitrogens with one attached hydrogen (secondary N) is 2. The molecule has 1 aromatic rings. The van der Waals surface area contributed by atoms with E-state index in [4.69, 9.17) is 0 Å². The molecule has 0 spiro atoms. The number of hydrogen-bond acceptors (Lipinski definition) is 2. The van der Waals surface area contributed by atoms with Crippen LogP contribution in [0.15, 0.2) is 18.2 Å². The highest BCUT2D eigenvalue weighted by atomic mass is 19.4. The molecule has 0 aromatic heterocycles. The van der Waals surface area contributed by atoms with Gasteiger partial charge < -0.3 is 10.6 Å². The minimum Gasteiger partial charge on any atom is -0.352 e. The lowest BCUT2D eigenvalue weighted by molar-refractivity contribution is -0.184. The molecule has 0 unspecified atom stereocenters. The first kappa shape index (κ1) is 19.3. The van der Waals surface area contributed by atoms with Crippen LogP contribution < -0.4 is 10.6 Å². The third-order valence-corrected chi connectivity index (χ3v) is 4.40. The zero-order valence-corrected chi connectivity index (χ0v) is 14.4. The topological polar surface area (TPSA) is 58.2 Å². The van der Waals surface area contributed by atoms with Crippen LogP contribution in [0.5, 0.6) is 0 Å². The summed E-state index contributed by atoms with van der Waals surface area (Å²) >= 11 is 0. The Bertz CT molecular complexity index is 623. The highest BCUT2D eigenvalue weighted by Gasteiger charge is 2.42. The monoisotopic (exact) mass is 356 g/mol. The second kappa shape index (κ2) is 7.89. The molecular weight excluding hydrogens is 333 g/mol. The van der Waals surface area contributed by atoms with Gasteiger partial charge in [0, 0.05) is 11.6 Å². The number of aryl methyl sites for hydroxylation is 2. The van der Waals surface area contributed by atoms with Gasteiger partial charge in [-0.2, -0.15) is 13.2 Å². The van der Waals surface area contributed by atoms with Crippen LogP contribution in [0, 0.1) is 19.8 Å². The Labute approximate surface area is 145 Å². The quantitative estimate of drug-likeness (QED) is 0.870. The minimum atomic E-state index is -4.22. The highest BCUT2D eigenvalue weighted by Crippen LogP contribution is 2.37. The molecule has 2 amide bonds. The van der Waals surface area contributed by atoms with Crippen LogP contribution in [0.2, 0.25) is 0 Å². The summed E-state index contributed by atoms with van der Waals surface area (Å²) in [5.41, 5.74) is 2.34. The first-order valence-electron chi connectivity index (χ1n) is 8.37. The summed E-state index contributed by atoms with van der Waals surface area (Å²) in [6.45, 7) is 3.49. The summed E-state index contributed by atoms with van der Waals surface area (Å²) < 4.78 is 38.4. The Morgan fingerprint density at radius 3 is 2.36 bits per heavy atom. The number of benzene rings is 1. The average Bonchev–Trinajstić information content (AvgIpc) is 2.51. The molecule has 138 valence electrons. The molecule has 2 atom stereocenters. The average molecular weight is 356 g/mol. The normalized spacial score (nSPS) is 20.8.